The van der Waals surface area contributed by atoms with E-state index in [1.54, 1.807) is 26.5 Å². The molecule has 2 aliphatic heterocycles. The van der Waals surface area contributed by atoms with Crippen LogP contribution in [0, 0.1) is 0 Å². The number of benzene rings is 3. The summed E-state index contributed by atoms with van der Waals surface area (Å²) in [5.74, 6) is 4.08. The van der Waals surface area contributed by atoms with Crippen LogP contribution in [-0.4, -0.2) is 179 Å². The van der Waals surface area contributed by atoms with Crippen molar-refractivity contribution in [2.24, 2.45) is 0 Å². The number of aromatic nitrogens is 8. The molecule has 2 N–H and O–H groups in total. The van der Waals surface area contributed by atoms with Crippen molar-refractivity contribution in [3.8, 4) is 46.1 Å². The SMILES string of the molecule is COc1cc2c(Cl)ncnc2cc1O.COc1cc2c(Cl)ncnc2cc1OCCCN1CCN(C)CC1.COc1cc2c(Oc3cnc4[nH]ccc4c3)ncnc2cc1OCCCN1CCN(C)CC1. The normalized spacial score (nSPS) is 14.7. The topological polar surface area (TPSA) is 195 Å². The van der Waals surface area contributed by atoms with Gasteiger partial charge in [0.15, 0.2) is 34.5 Å². The number of H-pyrrole nitrogens is 1. The number of phenols is 1. The maximum atomic E-state index is 9.47. The fourth-order valence-electron chi connectivity index (χ4n) is 8.07. The smallest absolute Gasteiger partial charge is 0.230 e. The van der Waals surface area contributed by atoms with E-state index >= 15 is 0 Å². The Bertz CT molecular complexity index is 3030. The molecule has 374 valence electrons. The highest BCUT2D eigenvalue weighted by Gasteiger charge is 2.17. The molecular weight excluding hydrogens is 952 g/mol. The Morgan fingerprint density at radius 3 is 1.61 bits per heavy atom. The van der Waals surface area contributed by atoms with E-state index in [0.29, 0.717) is 74.8 Å². The van der Waals surface area contributed by atoms with Crippen LogP contribution in [0.5, 0.6) is 46.1 Å². The lowest BCUT2D eigenvalue weighted by Crippen LogP contribution is -2.44. The van der Waals surface area contributed by atoms with Crippen LogP contribution in [0.4, 0.5) is 0 Å². The van der Waals surface area contributed by atoms with Gasteiger partial charge in [0.1, 0.15) is 40.7 Å². The van der Waals surface area contributed by atoms with Gasteiger partial charge in [-0.05, 0) is 57.3 Å². The third-order valence-electron chi connectivity index (χ3n) is 12.2. The van der Waals surface area contributed by atoms with Crippen molar-refractivity contribution in [1.29, 1.82) is 0 Å². The number of aromatic hydroxyl groups is 1. The quantitative estimate of drug-likeness (QED) is 0.0751. The van der Waals surface area contributed by atoms with Crippen LogP contribution in [0.1, 0.15) is 12.8 Å². The number of aromatic amines is 1. The summed E-state index contributed by atoms with van der Waals surface area (Å²) in [4.78, 5) is 41.9. The highest BCUT2D eigenvalue weighted by atomic mass is 35.5. The number of nitrogens with one attached hydrogen (secondary N) is 1. The number of hydrogen-bond acceptors (Lipinski definition) is 18. The zero-order valence-corrected chi connectivity index (χ0v) is 42.0. The fourth-order valence-corrected chi connectivity index (χ4v) is 8.46. The van der Waals surface area contributed by atoms with Crippen LogP contribution in [0.3, 0.4) is 0 Å². The third kappa shape index (κ3) is 13.2. The average molecular weight is 1010 g/mol. The summed E-state index contributed by atoms with van der Waals surface area (Å²) in [6.07, 6.45) is 9.74. The van der Waals surface area contributed by atoms with Crippen molar-refractivity contribution in [3.63, 3.8) is 0 Å². The summed E-state index contributed by atoms with van der Waals surface area (Å²) in [5.41, 5.74) is 2.88. The first-order valence-electron chi connectivity index (χ1n) is 23.3. The third-order valence-corrected chi connectivity index (χ3v) is 12.8. The summed E-state index contributed by atoms with van der Waals surface area (Å²) < 4.78 is 34.0. The molecule has 71 heavy (non-hydrogen) atoms. The second-order valence-electron chi connectivity index (χ2n) is 17.0. The number of halogens is 2. The lowest BCUT2D eigenvalue weighted by Gasteiger charge is -2.32. The Labute approximate surface area is 421 Å². The molecule has 0 atom stereocenters. The Morgan fingerprint density at radius 1 is 0.563 bits per heavy atom. The monoisotopic (exact) mass is 1010 g/mol. The van der Waals surface area contributed by atoms with Gasteiger partial charge in [0, 0.05) is 106 Å². The second kappa shape index (κ2) is 24.5. The zero-order valence-electron chi connectivity index (χ0n) is 40.5. The second-order valence-corrected chi connectivity index (χ2v) is 17.7. The highest BCUT2D eigenvalue weighted by molar-refractivity contribution is 6.34. The maximum Gasteiger partial charge on any atom is 0.230 e. The molecule has 0 bridgehead atoms. The fraction of sp³-hybridized carbons (Fsp3) is 0.380. The van der Waals surface area contributed by atoms with Gasteiger partial charge in [-0.15, -0.1) is 0 Å². The van der Waals surface area contributed by atoms with Crippen LogP contribution in [0.2, 0.25) is 10.3 Å². The van der Waals surface area contributed by atoms with E-state index in [9.17, 15) is 5.11 Å². The summed E-state index contributed by atoms with van der Waals surface area (Å²) in [7, 11) is 9.06. The van der Waals surface area contributed by atoms with Gasteiger partial charge in [0.25, 0.3) is 0 Å². The number of pyridine rings is 1. The molecule has 0 aliphatic carbocycles. The van der Waals surface area contributed by atoms with Gasteiger partial charge in [-0.1, -0.05) is 23.2 Å². The number of ether oxygens (including phenoxy) is 6. The highest BCUT2D eigenvalue weighted by Crippen LogP contribution is 2.37. The number of phenolic OH excluding ortho intramolecular Hbond substituents is 1. The van der Waals surface area contributed by atoms with Crippen LogP contribution >= 0.6 is 23.2 Å². The largest absolute Gasteiger partial charge is 0.504 e. The van der Waals surface area contributed by atoms with E-state index in [2.05, 4.69) is 73.6 Å². The van der Waals surface area contributed by atoms with Crippen molar-refractivity contribution >= 4 is 66.9 Å². The van der Waals surface area contributed by atoms with Gasteiger partial charge in [-0.3, -0.25) is 0 Å². The lowest BCUT2D eigenvalue weighted by atomic mass is 10.2. The molecule has 5 aromatic heterocycles. The molecule has 0 spiro atoms. The van der Waals surface area contributed by atoms with Gasteiger partial charge in [0.2, 0.25) is 5.88 Å². The van der Waals surface area contributed by atoms with Gasteiger partial charge in [0.05, 0.1) is 62.7 Å². The van der Waals surface area contributed by atoms with E-state index in [1.165, 1.54) is 32.2 Å². The predicted molar refractivity (Wildman–Crippen MR) is 274 cm³/mol. The Hall–Kier alpha value is -6.61. The van der Waals surface area contributed by atoms with Crippen LogP contribution in [-0.2, 0) is 0 Å². The van der Waals surface area contributed by atoms with Crippen molar-refractivity contribution in [2.75, 3.05) is 114 Å². The molecule has 0 unspecified atom stereocenters. The van der Waals surface area contributed by atoms with E-state index in [1.807, 2.05) is 42.6 Å². The molecule has 3 aromatic carbocycles. The molecule has 2 fully saturated rings. The minimum absolute atomic E-state index is 0.0368. The van der Waals surface area contributed by atoms with E-state index in [-0.39, 0.29) is 5.75 Å². The van der Waals surface area contributed by atoms with E-state index in [4.69, 9.17) is 51.6 Å². The minimum Gasteiger partial charge on any atom is -0.504 e. The van der Waals surface area contributed by atoms with Crippen LogP contribution in [0.15, 0.2) is 79.9 Å². The van der Waals surface area contributed by atoms with Gasteiger partial charge >= 0.3 is 0 Å². The van der Waals surface area contributed by atoms with Crippen molar-refractivity contribution in [3.05, 3.63) is 90.2 Å². The first-order valence-corrected chi connectivity index (χ1v) is 24.0. The van der Waals surface area contributed by atoms with Crippen LogP contribution < -0.4 is 28.4 Å². The van der Waals surface area contributed by atoms with Gasteiger partial charge in [-0.25, -0.2) is 34.9 Å². The molecule has 21 heteroatoms. The number of methoxy groups -OCH3 is 3. The number of likely N-dealkylation sites (N-methyl/N-ethyl adjacent to an activating group) is 2. The summed E-state index contributed by atoms with van der Waals surface area (Å²) >= 11 is 12.0. The van der Waals surface area contributed by atoms with Gasteiger partial charge < -0.3 is 58.1 Å². The van der Waals surface area contributed by atoms with Gasteiger partial charge in [-0.2, -0.15) is 0 Å². The standard InChI is InChI=1S/C24H28N6O3.C17H23ClN4O2.C9H7ClN2O2/c1-29-7-9-30(10-8-29)6-3-11-32-22-14-20-19(13-21(22)31-2)24(28-16-27-20)33-18-12-17-4-5-25-23(17)26-15-18;1-21-5-7-22(8-6-21)4-3-9-24-16-11-14-13(10-15(16)23-2)17(18)20-12-19-14;1-14-8-2-5-6(3-7(8)13)11-4-12-9(5)10/h4-5,12-16H,3,6-11H2,1-2H3,(H,25,26);10-12H,3-9H2,1-2H3;2-4,13H,1H3. The maximum absolute atomic E-state index is 9.47. The molecule has 2 aliphatic rings. The van der Waals surface area contributed by atoms with E-state index < -0.39 is 0 Å². The molecule has 10 rings (SSSR count). The van der Waals surface area contributed by atoms with Crippen molar-refractivity contribution in [1.82, 2.24) is 59.5 Å². The Kier molecular flexibility index (Phi) is 17.5. The summed E-state index contributed by atoms with van der Waals surface area (Å²) in [6, 6.07) is 14.4. The first-order chi connectivity index (χ1) is 34.6. The molecule has 0 saturated carbocycles. The summed E-state index contributed by atoms with van der Waals surface area (Å²) in [6.45, 7) is 12.4. The zero-order chi connectivity index (χ0) is 49.7. The molecule has 19 nitrogen and oxygen atoms in total. The van der Waals surface area contributed by atoms with Crippen molar-refractivity contribution in [2.45, 2.75) is 12.8 Å². The molecule has 8 aromatic rings. The number of hydrogen-bond donors (Lipinski definition) is 2. The number of rotatable bonds is 15. The number of piperazine rings is 2. The molecule has 0 amide bonds. The Morgan fingerprint density at radius 2 is 1.06 bits per heavy atom. The first kappa shape index (κ1) is 50.8. The molecule has 2 saturated heterocycles. The minimum atomic E-state index is 0.0368. The molecule has 7 heterocycles. The number of nitrogens with zero attached hydrogens (tertiary/aromatic N) is 11. The average Bonchev–Trinajstić information content (AvgIpc) is 3.86. The molecular formula is C50H58Cl2N12O7. The van der Waals surface area contributed by atoms with Crippen LogP contribution in [0.25, 0.3) is 43.7 Å². The predicted octanol–water partition coefficient (Wildman–Crippen LogP) is 7.63. The van der Waals surface area contributed by atoms with E-state index in [0.717, 1.165) is 111 Å². The molecule has 0 radical (unpaired) electrons. The number of fused-ring (bicyclic) bond motifs is 4. The Balaban J connectivity index is 0.000000155. The van der Waals surface area contributed by atoms with Crippen molar-refractivity contribution < 1.29 is 33.5 Å². The lowest BCUT2D eigenvalue weighted by molar-refractivity contribution is 0.145. The summed E-state index contributed by atoms with van der Waals surface area (Å²) in [5, 5.41) is 13.4.